The number of fused-ring (bicyclic) bond motifs is 1. The zero-order chi connectivity index (χ0) is 13.6. The largest absolute Gasteiger partial charge is 0.369 e. The van der Waals surface area contributed by atoms with Gasteiger partial charge in [0.15, 0.2) is 5.82 Å². The molecule has 0 aliphatic carbocycles. The second-order valence-corrected chi connectivity index (χ2v) is 5.23. The van der Waals surface area contributed by atoms with Crippen LogP contribution in [0.25, 0.3) is 11.0 Å². The van der Waals surface area contributed by atoms with E-state index in [1.54, 1.807) is 4.57 Å². The number of aromatic nitrogens is 3. The van der Waals surface area contributed by atoms with Gasteiger partial charge in [0.25, 0.3) is 0 Å². The van der Waals surface area contributed by atoms with Crippen molar-refractivity contribution in [2.45, 2.75) is 13.5 Å². The first kappa shape index (κ1) is 12.0. The summed E-state index contributed by atoms with van der Waals surface area (Å²) in [5, 5.41) is 2.81. The van der Waals surface area contributed by atoms with E-state index >= 15 is 0 Å². The summed E-state index contributed by atoms with van der Waals surface area (Å²) in [5.41, 5.74) is 6.96. The Balaban J connectivity index is 2.15. The molecule has 7 heteroatoms. The first-order chi connectivity index (χ1) is 9.04. The van der Waals surface area contributed by atoms with E-state index in [1.165, 1.54) is 17.4 Å². The minimum Gasteiger partial charge on any atom is -0.369 e. The van der Waals surface area contributed by atoms with Gasteiger partial charge in [-0.25, -0.2) is 18.7 Å². The highest BCUT2D eigenvalue weighted by molar-refractivity contribution is 7.09. The normalized spacial score (nSPS) is 11.3. The standard InChI is InChI=1S/C12H10F2N4S/c1-6-16-8(5-19-6)4-18-10-3-7(13)2-9(14)11(10)17-12(18)15/h2-3,5H,4H2,1H3,(H2,15,17). The van der Waals surface area contributed by atoms with Gasteiger partial charge < -0.3 is 10.3 Å². The van der Waals surface area contributed by atoms with Crippen LogP contribution in [0.2, 0.25) is 0 Å². The molecule has 3 rings (SSSR count). The molecule has 0 fully saturated rings. The van der Waals surface area contributed by atoms with Gasteiger partial charge in [-0.15, -0.1) is 11.3 Å². The lowest BCUT2D eigenvalue weighted by atomic mass is 10.3. The van der Waals surface area contributed by atoms with E-state index in [2.05, 4.69) is 9.97 Å². The topological polar surface area (TPSA) is 56.7 Å². The van der Waals surface area contributed by atoms with Gasteiger partial charge in [-0.1, -0.05) is 0 Å². The quantitative estimate of drug-likeness (QED) is 0.785. The number of anilines is 1. The maximum atomic E-state index is 13.6. The monoisotopic (exact) mass is 280 g/mol. The van der Waals surface area contributed by atoms with E-state index in [0.717, 1.165) is 16.8 Å². The van der Waals surface area contributed by atoms with E-state index in [9.17, 15) is 8.78 Å². The van der Waals surface area contributed by atoms with Crippen molar-refractivity contribution in [1.29, 1.82) is 0 Å². The number of nitrogens with two attached hydrogens (primary N) is 1. The third kappa shape index (κ3) is 2.06. The number of hydrogen-bond acceptors (Lipinski definition) is 4. The summed E-state index contributed by atoms with van der Waals surface area (Å²) in [5.74, 6) is -1.22. The highest BCUT2D eigenvalue weighted by atomic mass is 32.1. The van der Waals surface area contributed by atoms with Crippen LogP contribution >= 0.6 is 11.3 Å². The van der Waals surface area contributed by atoms with Crippen molar-refractivity contribution in [3.05, 3.63) is 39.8 Å². The second-order valence-electron chi connectivity index (χ2n) is 4.17. The molecule has 0 saturated carbocycles. The summed E-state index contributed by atoms with van der Waals surface area (Å²) < 4.78 is 28.4. The first-order valence-corrected chi connectivity index (χ1v) is 6.44. The van der Waals surface area contributed by atoms with E-state index in [1.807, 2.05) is 12.3 Å². The molecule has 2 aromatic heterocycles. The Hall–Kier alpha value is -2.02. The highest BCUT2D eigenvalue weighted by Gasteiger charge is 2.14. The Bertz CT molecular complexity index is 763. The molecule has 0 radical (unpaired) electrons. The molecule has 1 aromatic carbocycles. The molecule has 0 bridgehead atoms. The Morgan fingerprint density at radius 2 is 2.11 bits per heavy atom. The highest BCUT2D eigenvalue weighted by Crippen LogP contribution is 2.23. The van der Waals surface area contributed by atoms with Crippen molar-refractivity contribution in [2.24, 2.45) is 0 Å². The van der Waals surface area contributed by atoms with Gasteiger partial charge in [0.2, 0.25) is 5.95 Å². The predicted molar refractivity (Wildman–Crippen MR) is 70.0 cm³/mol. The summed E-state index contributed by atoms with van der Waals surface area (Å²) in [4.78, 5) is 8.24. The van der Waals surface area contributed by atoms with Crippen molar-refractivity contribution in [3.8, 4) is 0 Å². The fourth-order valence-electron chi connectivity index (χ4n) is 1.98. The van der Waals surface area contributed by atoms with Gasteiger partial charge in [0, 0.05) is 17.5 Å². The van der Waals surface area contributed by atoms with E-state index < -0.39 is 11.6 Å². The summed E-state index contributed by atoms with van der Waals surface area (Å²) >= 11 is 1.51. The average molecular weight is 280 g/mol. The zero-order valence-electron chi connectivity index (χ0n) is 10.0. The van der Waals surface area contributed by atoms with Crippen molar-refractivity contribution in [2.75, 3.05) is 5.73 Å². The fraction of sp³-hybridized carbons (Fsp3) is 0.167. The van der Waals surface area contributed by atoms with Crippen LogP contribution in [-0.4, -0.2) is 14.5 Å². The number of nitrogens with zero attached hydrogens (tertiary/aromatic N) is 3. The van der Waals surface area contributed by atoms with Gasteiger partial charge in [-0.05, 0) is 6.92 Å². The van der Waals surface area contributed by atoms with Crippen LogP contribution in [0.3, 0.4) is 0 Å². The maximum Gasteiger partial charge on any atom is 0.201 e. The van der Waals surface area contributed by atoms with Crippen LogP contribution in [0, 0.1) is 18.6 Å². The van der Waals surface area contributed by atoms with Gasteiger partial charge >= 0.3 is 0 Å². The molecule has 0 atom stereocenters. The van der Waals surface area contributed by atoms with E-state index in [0.29, 0.717) is 12.1 Å². The molecule has 4 nitrogen and oxygen atoms in total. The van der Waals surface area contributed by atoms with Crippen molar-refractivity contribution < 1.29 is 8.78 Å². The minimum absolute atomic E-state index is 0.0749. The zero-order valence-corrected chi connectivity index (χ0v) is 10.8. The molecule has 0 aliphatic heterocycles. The smallest absolute Gasteiger partial charge is 0.201 e. The molecule has 2 N–H and O–H groups in total. The molecule has 98 valence electrons. The lowest BCUT2D eigenvalue weighted by molar-refractivity contribution is 0.590. The molecular weight excluding hydrogens is 270 g/mol. The molecule has 3 aromatic rings. The third-order valence-corrected chi connectivity index (χ3v) is 3.61. The Kier molecular flexibility index (Phi) is 2.70. The van der Waals surface area contributed by atoms with Crippen molar-refractivity contribution >= 4 is 28.3 Å². The van der Waals surface area contributed by atoms with Crippen LogP contribution in [0.4, 0.5) is 14.7 Å². The molecule has 0 unspecified atom stereocenters. The van der Waals surface area contributed by atoms with E-state index in [4.69, 9.17) is 5.73 Å². The average Bonchev–Trinajstić information content (AvgIpc) is 2.87. The van der Waals surface area contributed by atoms with Crippen LogP contribution in [-0.2, 0) is 6.54 Å². The van der Waals surface area contributed by atoms with Gasteiger partial charge in [-0.3, -0.25) is 0 Å². The van der Waals surface area contributed by atoms with Crippen LogP contribution in [0.1, 0.15) is 10.7 Å². The van der Waals surface area contributed by atoms with Crippen LogP contribution < -0.4 is 5.73 Å². The first-order valence-electron chi connectivity index (χ1n) is 5.56. The number of halogens is 2. The lowest BCUT2D eigenvalue weighted by Gasteiger charge is -2.04. The summed E-state index contributed by atoms with van der Waals surface area (Å²) in [6, 6.07) is 2.02. The summed E-state index contributed by atoms with van der Waals surface area (Å²) in [7, 11) is 0. The summed E-state index contributed by atoms with van der Waals surface area (Å²) in [6.07, 6.45) is 0. The molecule has 19 heavy (non-hydrogen) atoms. The SMILES string of the molecule is Cc1nc(Cn2c(N)nc3c(F)cc(F)cc32)cs1. The van der Waals surface area contributed by atoms with Gasteiger partial charge in [0.1, 0.15) is 11.3 Å². The Morgan fingerprint density at radius 1 is 1.32 bits per heavy atom. The third-order valence-electron chi connectivity index (χ3n) is 2.79. The number of thiazole rings is 1. The Labute approximate surface area is 111 Å². The molecule has 0 amide bonds. The lowest BCUT2D eigenvalue weighted by Crippen LogP contribution is -2.05. The van der Waals surface area contributed by atoms with Crippen LogP contribution in [0.5, 0.6) is 0 Å². The van der Waals surface area contributed by atoms with Crippen molar-refractivity contribution in [3.63, 3.8) is 0 Å². The number of nitrogen functional groups attached to an aromatic ring is 1. The molecule has 2 heterocycles. The van der Waals surface area contributed by atoms with Crippen LogP contribution in [0.15, 0.2) is 17.5 Å². The summed E-state index contributed by atoms with van der Waals surface area (Å²) in [6.45, 7) is 2.23. The van der Waals surface area contributed by atoms with E-state index in [-0.39, 0.29) is 11.5 Å². The molecular formula is C12H10F2N4S. The molecule has 0 saturated heterocycles. The van der Waals surface area contributed by atoms with Crippen molar-refractivity contribution in [1.82, 2.24) is 14.5 Å². The number of rotatable bonds is 2. The van der Waals surface area contributed by atoms with Gasteiger partial charge in [-0.2, -0.15) is 0 Å². The second kappa shape index (κ2) is 4.27. The predicted octanol–water partition coefficient (Wildman–Crippen LogP) is 2.71. The minimum atomic E-state index is -0.713. The molecule has 0 aliphatic rings. The number of aryl methyl sites for hydroxylation is 1. The Morgan fingerprint density at radius 3 is 2.79 bits per heavy atom. The fourth-order valence-corrected chi connectivity index (χ4v) is 2.58. The number of imidazole rings is 1. The maximum absolute atomic E-state index is 13.6. The number of hydrogen-bond donors (Lipinski definition) is 1. The van der Waals surface area contributed by atoms with Gasteiger partial charge in [0.05, 0.1) is 22.8 Å². The molecule has 0 spiro atoms. The number of benzene rings is 1.